The zero-order valence-corrected chi connectivity index (χ0v) is 17.3. The number of hydrogen-bond donors (Lipinski definition) is 1. The van der Waals surface area contributed by atoms with Gasteiger partial charge in [-0.25, -0.2) is 0 Å². The number of aliphatic carboxylic acids is 1. The molecule has 1 N–H and O–H groups in total. The third kappa shape index (κ3) is 2.85. The van der Waals surface area contributed by atoms with Crippen LogP contribution in [0.3, 0.4) is 0 Å². The van der Waals surface area contributed by atoms with E-state index < -0.39 is 5.97 Å². The molecule has 0 aromatic heterocycles. The van der Waals surface area contributed by atoms with Gasteiger partial charge in [0.15, 0.2) is 0 Å². The summed E-state index contributed by atoms with van der Waals surface area (Å²) < 4.78 is 0. The molecule has 2 heteroatoms. The molecule has 0 aromatic rings. The average Bonchev–Trinajstić information content (AvgIpc) is 2.96. The van der Waals surface area contributed by atoms with Crippen molar-refractivity contribution >= 4 is 5.97 Å². The van der Waals surface area contributed by atoms with E-state index >= 15 is 0 Å². The van der Waals surface area contributed by atoms with Gasteiger partial charge in [-0.3, -0.25) is 4.79 Å². The fourth-order valence-electron chi connectivity index (χ4n) is 8.82. The summed E-state index contributed by atoms with van der Waals surface area (Å²) in [7, 11) is 0. The summed E-state index contributed by atoms with van der Waals surface area (Å²) in [4.78, 5) is 11.0. The van der Waals surface area contributed by atoms with Crippen molar-refractivity contribution in [3.63, 3.8) is 0 Å². The first kappa shape index (κ1) is 18.8. The highest BCUT2D eigenvalue weighted by Gasteiger charge is 2.60. The fraction of sp³-hybridized carbons (Fsp3) is 0.958. The SMILES string of the molecule is C[C@H](CCC(=O)O)[C@H]1CCC2C3CCC4CCCCC4(C)C3CCC21C. The number of carbonyl (C=O) groups is 1. The molecule has 0 bridgehead atoms. The number of rotatable bonds is 4. The van der Waals surface area contributed by atoms with Crippen molar-refractivity contribution in [1.29, 1.82) is 0 Å². The Labute approximate surface area is 160 Å². The van der Waals surface area contributed by atoms with Gasteiger partial charge in [-0.2, -0.15) is 0 Å². The van der Waals surface area contributed by atoms with Crippen LogP contribution < -0.4 is 0 Å². The number of carboxylic acids is 1. The summed E-state index contributed by atoms with van der Waals surface area (Å²) >= 11 is 0. The molecular formula is C24H40O2. The minimum Gasteiger partial charge on any atom is -0.481 e. The molecule has 0 spiro atoms. The van der Waals surface area contributed by atoms with Crippen LogP contribution in [0.1, 0.15) is 97.8 Å². The van der Waals surface area contributed by atoms with Crippen LogP contribution >= 0.6 is 0 Å². The summed E-state index contributed by atoms with van der Waals surface area (Å²) in [5.74, 6) is 4.57. The molecule has 0 heterocycles. The average molecular weight is 361 g/mol. The molecule has 4 fully saturated rings. The predicted molar refractivity (Wildman–Crippen MR) is 106 cm³/mol. The smallest absolute Gasteiger partial charge is 0.303 e. The Balaban J connectivity index is 1.52. The van der Waals surface area contributed by atoms with Gasteiger partial charge in [0.05, 0.1) is 0 Å². The van der Waals surface area contributed by atoms with Crippen molar-refractivity contribution in [2.45, 2.75) is 97.8 Å². The van der Waals surface area contributed by atoms with E-state index in [9.17, 15) is 4.79 Å². The van der Waals surface area contributed by atoms with Crippen LogP contribution in [-0.2, 0) is 4.79 Å². The van der Waals surface area contributed by atoms with Crippen molar-refractivity contribution in [3.8, 4) is 0 Å². The highest BCUT2D eigenvalue weighted by atomic mass is 16.4. The molecule has 2 nitrogen and oxygen atoms in total. The fourth-order valence-corrected chi connectivity index (χ4v) is 8.82. The first-order valence-corrected chi connectivity index (χ1v) is 11.6. The molecule has 0 saturated heterocycles. The molecule has 8 atom stereocenters. The van der Waals surface area contributed by atoms with E-state index in [-0.39, 0.29) is 0 Å². The van der Waals surface area contributed by atoms with Crippen LogP contribution in [-0.4, -0.2) is 11.1 Å². The third-order valence-electron chi connectivity index (χ3n) is 10.2. The molecule has 148 valence electrons. The van der Waals surface area contributed by atoms with Crippen molar-refractivity contribution < 1.29 is 9.90 Å². The van der Waals surface area contributed by atoms with Crippen LogP contribution in [0.2, 0.25) is 0 Å². The molecule has 4 aliphatic carbocycles. The molecule has 0 radical (unpaired) electrons. The zero-order chi connectivity index (χ0) is 18.5. The van der Waals surface area contributed by atoms with Gasteiger partial charge in [0.2, 0.25) is 0 Å². The molecule has 4 rings (SSSR count). The minimum absolute atomic E-state index is 0.351. The van der Waals surface area contributed by atoms with E-state index in [1.165, 1.54) is 64.2 Å². The Hall–Kier alpha value is -0.530. The zero-order valence-electron chi connectivity index (χ0n) is 17.3. The number of fused-ring (bicyclic) bond motifs is 5. The Kier molecular flexibility index (Phi) is 4.93. The van der Waals surface area contributed by atoms with Crippen LogP contribution in [0, 0.1) is 46.3 Å². The second kappa shape index (κ2) is 6.82. The lowest BCUT2D eigenvalue weighted by Gasteiger charge is -2.61. The second-order valence-electron chi connectivity index (χ2n) is 11.0. The quantitative estimate of drug-likeness (QED) is 0.618. The highest BCUT2D eigenvalue weighted by molar-refractivity contribution is 5.66. The summed E-state index contributed by atoms with van der Waals surface area (Å²) in [6.07, 6.45) is 15.7. The van der Waals surface area contributed by atoms with E-state index in [1.54, 1.807) is 0 Å². The van der Waals surface area contributed by atoms with Gasteiger partial charge >= 0.3 is 5.97 Å². The molecule has 6 unspecified atom stereocenters. The first-order valence-electron chi connectivity index (χ1n) is 11.6. The monoisotopic (exact) mass is 360 g/mol. The van der Waals surface area contributed by atoms with E-state index in [1.807, 2.05) is 0 Å². The van der Waals surface area contributed by atoms with Crippen LogP contribution in [0.5, 0.6) is 0 Å². The summed E-state index contributed by atoms with van der Waals surface area (Å²) in [6, 6.07) is 0. The molecule has 0 amide bonds. The lowest BCUT2D eigenvalue weighted by molar-refractivity contribution is -0.137. The van der Waals surface area contributed by atoms with Crippen molar-refractivity contribution in [1.82, 2.24) is 0 Å². The molecular weight excluding hydrogens is 320 g/mol. The summed E-state index contributed by atoms with van der Waals surface area (Å²) in [6.45, 7) is 7.60. The highest BCUT2D eigenvalue weighted by Crippen LogP contribution is 2.68. The standard InChI is InChI=1S/C24H40O2/c1-16(7-12-22(25)26)19-10-11-20-18-9-8-17-6-4-5-14-23(17,2)21(18)13-15-24(19,20)3/h16-21H,4-15H2,1-3H3,(H,25,26)/t16-,17?,18?,19-,20?,21?,23?,24?/m1/s1. The van der Waals surface area contributed by atoms with Gasteiger partial charge in [0.1, 0.15) is 0 Å². The maximum Gasteiger partial charge on any atom is 0.303 e. The maximum absolute atomic E-state index is 11.0. The number of hydrogen-bond acceptors (Lipinski definition) is 1. The van der Waals surface area contributed by atoms with Crippen molar-refractivity contribution in [2.75, 3.05) is 0 Å². The molecule has 0 aliphatic heterocycles. The molecule has 4 saturated carbocycles. The van der Waals surface area contributed by atoms with Gasteiger partial charge in [0.25, 0.3) is 0 Å². The molecule has 4 aliphatic rings. The van der Waals surface area contributed by atoms with Gasteiger partial charge in [-0.05, 0) is 104 Å². The van der Waals surface area contributed by atoms with E-state index in [2.05, 4.69) is 20.8 Å². The lowest BCUT2D eigenvalue weighted by Crippen LogP contribution is -2.53. The molecule has 0 aromatic carbocycles. The lowest BCUT2D eigenvalue weighted by atomic mass is 9.44. The Morgan fingerprint density at radius 3 is 2.50 bits per heavy atom. The first-order chi connectivity index (χ1) is 12.4. The second-order valence-corrected chi connectivity index (χ2v) is 11.0. The molecule has 26 heavy (non-hydrogen) atoms. The Bertz CT molecular complexity index is 542. The third-order valence-corrected chi connectivity index (χ3v) is 10.2. The van der Waals surface area contributed by atoms with Crippen LogP contribution in [0.15, 0.2) is 0 Å². The van der Waals surface area contributed by atoms with Gasteiger partial charge in [0, 0.05) is 6.42 Å². The number of carboxylic acid groups (broad SMARTS) is 1. The van der Waals surface area contributed by atoms with Gasteiger partial charge in [-0.15, -0.1) is 0 Å². The summed E-state index contributed by atoms with van der Waals surface area (Å²) in [5.41, 5.74) is 1.12. The predicted octanol–water partition coefficient (Wildman–Crippen LogP) is 6.54. The van der Waals surface area contributed by atoms with Crippen LogP contribution in [0.25, 0.3) is 0 Å². The van der Waals surface area contributed by atoms with Gasteiger partial charge in [-0.1, -0.05) is 33.6 Å². The minimum atomic E-state index is -0.621. The van der Waals surface area contributed by atoms with Crippen LogP contribution in [0.4, 0.5) is 0 Å². The Morgan fingerprint density at radius 1 is 0.962 bits per heavy atom. The van der Waals surface area contributed by atoms with E-state index in [4.69, 9.17) is 5.11 Å². The van der Waals surface area contributed by atoms with E-state index in [0.29, 0.717) is 23.2 Å². The normalized spacial score (nSPS) is 49.0. The maximum atomic E-state index is 11.0. The van der Waals surface area contributed by atoms with Crippen molar-refractivity contribution in [3.05, 3.63) is 0 Å². The topological polar surface area (TPSA) is 37.3 Å². The van der Waals surface area contributed by atoms with Gasteiger partial charge < -0.3 is 5.11 Å². The Morgan fingerprint density at radius 2 is 1.73 bits per heavy atom. The largest absolute Gasteiger partial charge is 0.481 e. The summed E-state index contributed by atoms with van der Waals surface area (Å²) in [5, 5.41) is 9.09. The van der Waals surface area contributed by atoms with E-state index in [0.717, 1.165) is 36.0 Å². The van der Waals surface area contributed by atoms with Crippen molar-refractivity contribution in [2.24, 2.45) is 46.3 Å².